The molecule has 1 aliphatic rings. The molecule has 0 saturated carbocycles. The van der Waals surface area contributed by atoms with Crippen LogP contribution in [0.1, 0.15) is 24.8 Å². The molecule has 8 heteroatoms. The van der Waals surface area contributed by atoms with Crippen LogP contribution < -0.4 is 10.2 Å². The van der Waals surface area contributed by atoms with Gasteiger partial charge in [0.05, 0.1) is 11.9 Å². The first kappa shape index (κ1) is 21.6. The van der Waals surface area contributed by atoms with Crippen LogP contribution in [0.25, 0.3) is 16.2 Å². The molecule has 0 radical (unpaired) electrons. The molecule has 5 rings (SSSR count). The summed E-state index contributed by atoms with van der Waals surface area (Å²) in [6, 6.07) is 16.7. The second-order valence-electron chi connectivity index (χ2n) is 8.39. The Morgan fingerprint density at radius 3 is 2.58 bits per heavy atom. The molecule has 1 amide bonds. The van der Waals surface area contributed by atoms with Gasteiger partial charge >= 0.3 is 0 Å². The van der Waals surface area contributed by atoms with Crippen molar-refractivity contribution in [2.24, 2.45) is 5.92 Å². The Bertz CT molecular complexity index is 1180. The second-order valence-corrected chi connectivity index (χ2v) is 9.32. The maximum Gasteiger partial charge on any atom is 0.223 e. The highest BCUT2D eigenvalue weighted by Crippen LogP contribution is 2.29. The normalized spacial score (nSPS) is 14.6. The van der Waals surface area contributed by atoms with E-state index in [2.05, 4.69) is 32.4 Å². The van der Waals surface area contributed by atoms with Crippen molar-refractivity contribution in [2.75, 3.05) is 24.5 Å². The Kier molecular flexibility index (Phi) is 6.35. The first-order chi connectivity index (χ1) is 16.2. The van der Waals surface area contributed by atoms with Gasteiger partial charge in [0.2, 0.25) is 16.0 Å². The summed E-state index contributed by atoms with van der Waals surface area (Å²) in [4.78, 5) is 20.2. The molecule has 0 bridgehead atoms. The number of carbonyl (C=O) groups excluding carboxylic acids is 1. The van der Waals surface area contributed by atoms with Crippen LogP contribution >= 0.6 is 11.3 Å². The number of nitrogens with zero attached hydrogens (tertiary/aromatic N) is 4. The summed E-state index contributed by atoms with van der Waals surface area (Å²) < 4.78 is 14.9. The molecule has 1 saturated heterocycles. The van der Waals surface area contributed by atoms with Crippen LogP contribution in [0, 0.1) is 11.7 Å². The number of halogens is 1. The molecule has 3 heterocycles. The minimum atomic E-state index is -0.260. The van der Waals surface area contributed by atoms with Crippen molar-refractivity contribution in [3.05, 3.63) is 72.2 Å². The van der Waals surface area contributed by atoms with E-state index in [0.29, 0.717) is 6.54 Å². The lowest BCUT2D eigenvalue weighted by Gasteiger charge is -2.30. The molecule has 170 valence electrons. The Morgan fingerprint density at radius 2 is 1.85 bits per heavy atom. The lowest BCUT2D eigenvalue weighted by Crippen LogP contribution is -2.40. The van der Waals surface area contributed by atoms with E-state index in [0.717, 1.165) is 60.1 Å². The van der Waals surface area contributed by atoms with Gasteiger partial charge in [0, 0.05) is 31.1 Å². The Balaban J connectivity index is 1.11. The van der Waals surface area contributed by atoms with Crippen molar-refractivity contribution >= 4 is 27.3 Å². The third-order valence-electron chi connectivity index (χ3n) is 6.09. The van der Waals surface area contributed by atoms with Crippen LogP contribution in [-0.2, 0) is 11.2 Å². The molecule has 6 nitrogen and oxygen atoms in total. The van der Waals surface area contributed by atoms with Crippen molar-refractivity contribution in [2.45, 2.75) is 25.7 Å². The summed E-state index contributed by atoms with van der Waals surface area (Å²) in [6.07, 6.45) is 5.46. The Morgan fingerprint density at radius 1 is 1.09 bits per heavy atom. The van der Waals surface area contributed by atoms with Gasteiger partial charge in [0.1, 0.15) is 5.82 Å². The number of rotatable bonds is 7. The molecule has 0 atom stereocenters. The van der Waals surface area contributed by atoms with Crippen LogP contribution in [0.2, 0.25) is 0 Å². The molecular weight excluding hydrogens is 437 g/mol. The lowest BCUT2D eigenvalue weighted by atomic mass is 9.96. The SMILES string of the molecule is O=C(NCCCc1ccccc1)C1CCN(c2nn3cc(-c4ccc(F)cc4)nc3s2)CC1. The van der Waals surface area contributed by atoms with Crippen molar-refractivity contribution in [1.29, 1.82) is 0 Å². The summed E-state index contributed by atoms with van der Waals surface area (Å²) in [7, 11) is 0. The van der Waals surface area contributed by atoms with Crippen LogP contribution in [0.3, 0.4) is 0 Å². The number of piperidine rings is 1. The molecule has 1 fully saturated rings. The number of imidazole rings is 1. The predicted molar refractivity (Wildman–Crippen MR) is 129 cm³/mol. The number of fused-ring (bicyclic) bond motifs is 1. The number of hydrogen-bond acceptors (Lipinski definition) is 5. The van der Waals surface area contributed by atoms with E-state index in [4.69, 9.17) is 0 Å². The van der Waals surface area contributed by atoms with Gasteiger partial charge in [-0.2, -0.15) is 0 Å². The van der Waals surface area contributed by atoms with Crippen molar-refractivity contribution in [3.8, 4) is 11.3 Å². The van der Waals surface area contributed by atoms with Gasteiger partial charge in [-0.25, -0.2) is 13.9 Å². The van der Waals surface area contributed by atoms with Crippen LogP contribution in [-0.4, -0.2) is 40.1 Å². The summed E-state index contributed by atoms with van der Waals surface area (Å²) >= 11 is 1.54. The van der Waals surface area contributed by atoms with Crippen molar-refractivity contribution < 1.29 is 9.18 Å². The average Bonchev–Trinajstić information content (AvgIpc) is 3.43. The maximum atomic E-state index is 13.2. The quantitative estimate of drug-likeness (QED) is 0.408. The van der Waals surface area contributed by atoms with Gasteiger partial charge in [0.15, 0.2) is 0 Å². The van der Waals surface area contributed by atoms with E-state index in [1.807, 2.05) is 24.4 Å². The molecule has 33 heavy (non-hydrogen) atoms. The van der Waals surface area contributed by atoms with Gasteiger partial charge in [-0.3, -0.25) is 4.79 Å². The first-order valence-electron chi connectivity index (χ1n) is 11.3. The Hall–Kier alpha value is -3.26. The van der Waals surface area contributed by atoms with Crippen molar-refractivity contribution in [1.82, 2.24) is 19.9 Å². The number of anilines is 1. The fourth-order valence-electron chi connectivity index (χ4n) is 4.20. The molecule has 1 N–H and O–H groups in total. The lowest BCUT2D eigenvalue weighted by molar-refractivity contribution is -0.125. The van der Waals surface area contributed by atoms with Crippen LogP contribution in [0.5, 0.6) is 0 Å². The molecule has 0 spiro atoms. The maximum absolute atomic E-state index is 13.2. The summed E-state index contributed by atoms with van der Waals surface area (Å²) in [5.74, 6) is -0.0304. The Labute approximate surface area is 196 Å². The highest BCUT2D eigenvalue weighted by molar-refractivity contribution is 7.20. The standard InChI is InChI=1S/C25H26FN5OS/c26-21-10-8-19(9-11-21)22-17-31-24(28-22)33-25(29-31)30-15-12-20(13-16-30)23(32)27-14-4-7-18-5-2-1-3-6-18/h1-3,5-6,8-11,17,20H,4,7,12-16H2,(H,27,32). The number of nitrogens with one attached hydrogen (secondary N) is 1. The number of amides is 1. The van der Waals surface area contributed by atoms with Gasteiger partial charge in [-0.15, -0.1) is 5.10 Å². The minimum absolute atomic E-state index is 0.0621. The number of benzene rings is 2. The largest absolute Gasteiger partial charge is 0.356 e. The van der Waals surface area contributed by atoms with E-state index < -0.39 is 0 Å². The zero-order valence-electron chi connectivity index (χ0n) is 18.3. The third-order valence-corrected chi connectivity index (χ3v) is 7.08. The fourth-order valence-corrected chi connectivity index (χ4v) is 5.14. The number of aromatic nitrogens is 3. The fraction of sp³-hybridized carbons (Fsp3) is 0.320. The van der Waals surface area contributed by atoms with Gasteiger partial charge in [-0.05, 0) is 55.5 Å². The zero-order chi connectivity index (χ0) is 22.6. The minimum Gasteiger partial charge on any atom is -0.356 e. The van der Waals surface area contributed by atoms with E-state index in [9.17, 15) is 9.18 Å². The van der Waals surface area contributed by atoms with E-state index >= 15 is 0 Å². The molecule has 4 aromatic rings. The number of carbonyl (C=O) groups is 1. The van der Waals surface area contributed by atoms with E-state index in [-0.39, 0.29) is 17.6 Å². The summed E-state index contributed by atoms with van der Waals surface area (Å²) in [5.41, 5.74) is 2.95. The van der Waals surface area contributed by atoms with Gasteiger partial charge in [0.25, 0.3) is 0 Å². The van der Waals surface area contributed by atoms with Crippen molar-refractivity contribution in [3.63, 3.8) is 0 Å². The smallest absolute Gasteiger partial charge is 0.223 e. The molecule has 0 unspecified atom stereocenters. The van der Waals surface area contributed by atoms with Gasteiger partial charge in [-0.1, -0.05) is 41.7 Å². The number of aryl methyl sites for hydroxylation is 1. The van der Waals surface area contributed by atoms with Crippen LogP contribution in [0.4, 0.5) is 9.52 Å². The third kappa shape index (κ3) is 5.06. The first-order valence-corrected chi connectivity index (χ1v) is 12.2. The molecule has 1 aliphatic heterocycles. The predicted octanol–water partition coefficient (Wildman–Crippen LogP) is 4.56. The second kappa shape index (κ2) is 9.70. The summed E-state index contributed by atoms with van der Waals surface area (Å²) in [6.45, 7) is 2.33. The molecule has 2 aromatic carbocycles. The highest BCUT2D eigenvalue weighted by atomic mass is 32.1. The highest BCUT2D eigenvalue weighted by Gasteiger charge is 2.26. The molecule has 0 aliphatic carbocycles. The van der Waals surface area contributed by atoms with E-state index in [1.54, 1.807) is 16.6 Å². The topological polar surface area (TPSA) is 62.5 Å². The monoisotopic (exact) mass is 463 g/mol. The molecular formula is C25H26FN5OS. The van der Waals surface area contributed by atoms with Gasteiger partial charge < -0.3 is 10.2 Å². The summed E-state index contributed by atoms with van der Waals surface area (Å²) in [5, 5.41) is 8.72. The van der Waals surface area contributed by atoms with Crippen LogP contribution in [0.15, 0.2) is 60.8 Å². The van der Waals surface area contributed by atoms with E-state index in [1.165, 1.54) is 29.0 Å². The zero-order valence-corrected chi connectivity index (χ0v) is 19.1. The molecule has 2 aromatic heterocycles. The number of hydrogen-bond donors (Lipinski definition) is 1. The average molecular weight is 464 g/mol.